The molecule has 1 atom stereocenters. The maximum absolute atomic E-state index is 13.5. The van der Waals surface area contributed by atoms with E-state index in [1.165, 1.54) is 29.2 Å². The maximum atomic E-state index is 13.5. The fourth-order valence-electron chi connectivity index (χ4n) is 4.25. The molecule has 1 N–H and O–H groups in total. The number of carbonyl (C=O) groups excluding carboxylic acids is 2. The summed E-state index contributed by atoms with van der Waals surface area (Å²) in [6.45, 7) is 11.1. The second kappa shape index (κ2) is 11.8. The minimum atomic E-state index is -0.828. The third-order valence-electron chi connectivity index (χ3n) is 6.09. The number of aliphatic hydroxyl groups is 1. The minimum Gasteiger partial charge on any atom is -0.507 e. The molecular weight excluding hydrogens is 451 g/mol. The van der Waals surface area contributed by atoms with E-state index in [1.807, 2.05) is 27.7 Å². The average Bonchev–Trinajstić information content (AvgIpc) is 3.11. The third-order valence-corrected chi connectivity index (χ3v) is 6.09. The number of likely N-dealkylation sites (N-methyl/N-ethyl adjacent to an activating group) is 1. The number of benzene rings is 2. The van der Waals surface area contributed by atoms with Gasteiger partial charge in [-0.2, -0.15) is 0 Å². The molecule has 1 aliphatic rings. The average molecular weight is 485 g/mol. The summed E-state index contributed by atoms with van der Waals surface area (Å²) >= 11 is 0. The van der Waals surface area contributed by atoms with Crippen LogP contribution < -0.4 is 9.47 Å². The van der Waals surface area contributed by atoms with Crippen LogP contribution >= 0.6 is 0 Å². The van der Waals surface area contributed by atoms with Gasteiger partial charge in [-0.1, -0.05) is 19.9 Å². The second-order valence-electron chi connectivity index (χ2n) is 8.10. The highest BCUT2D eigenvalue weighted by molar-refractivity contribution is 6.46. The number of carbonyl (C=O) groups is 2. The van der Waals surface area contributed by atoms with E-state index in [0.29, 0.717) is 43.4 Å². The summed E-state index contributed by atoms with van der Waals surface area (Å²) in [6.07, 6.45) is 0. The Kier molecular flexibility index (Phi) is 8.87. The smallest absolute Gasteiger partial charge is 0.295 e. The van der Waals surface area contributed by atoms with Crippen molar-refractivity contribution in [1.82, 2.24) is 9.80 Å². The quantitative estimate of drug-likeness (QED) is 0.290. The van der Waals surface area contributed by atoms with Crippen LogP contribution in [-0.4, -0.2) is 66.0 Å². The van der Waals surface area contributed by atoms with E-state index in [-0.39, 0.29) is 16.9 Å². The summed E-state index contributed by atoms with van der Waals surface area (Å²) in [4.78, 5) is 30.0. The molecule has 1 saturated heterocycles. The number of hydrogen-bond acceptors (Lipinski definition) is 6. The van der Waals surface area contributed by atoms with Crippen molar-refractivity contribution in [2.45, 2.75) is 33.7 Å². The van der Waals surface area contributed by atoms with Crippen LogP contribution in [-0.2, 0) is 9.59 Å². The first-order valence-corrected chi connectivity index (χ1v) is 12.0. The third kappa shape index (κ3) is 5.65. The zero-order valence-corrected chi connectivity index (χ0v) is 20.7. The monoisotopic (exact) mass is 484 g/mol. The van der Waals surface area contributed by atoms with Gasteiger partial charge in [-0.05, 0) is 68.9 Å². The zero-order chi connectivity index (χ0) is 25.5. The molecule has 1 heterocycles. The van der Waals surface area contributed by atoms with Gasteiger partial charge in [0.15, 0.2) is 11.5 Å². The fourth-order valence-corrected chi connectivity index (χ4v) is 4.25. The first-order chi connectivity index (χ1) is 16.9. The molecule has 188 valence electrons. The van der Waals surface area contributed by atoms with E-state index >= 15 is 0 Å². The Hall–Kier alpha value is -3.39. The lowest BCUT2D eigenvalue weighted by Gasteiger charge is -2.28. The number of Topliss-reactive ketones (excluding diaryl/α,β-unsaturated/α-hetero) is 1. The van der Waals surface area contributed by atoms with Crippen molar-refractivity contribution >= 4 is 17.4 Å². The molecule has 0 aromatic heterocycles. The summed E-state index contributed by atoms with van der Waals surface area (Å²) in [6, 6.07) is 9.59. The van der Waals surface area contributed by atoms with Gasteiger partial charge in [0.1, 0.15) is 11.6 Å². The number of aliphatic hydroxyl groups excluding tert-OH is 1. The van der Waals surface area contributed by atoms with Gasteiger partial charge in [0.05, 0.1) is 24.8 Å². The molecule has 2 aromatic carbocycles. The molecular formula is C27H33FN2O5. The minimum absolute atomic E-state index is 0.0345. The normalized spacial score (nSPS) is 17.3. The lowest BCUT2D eigenvalue weighted by molar-refractivity contribution is -0.140. The van der Waals surface area contributed by atoms with Gasteiger partial charge in [0.25, 0.3) is 11.7 Å². The molecule has 0 aliphatic carbocycles. The lowest BCUT2D eigenvalue weighted by Crippen LogP contribution is -2.38. The Bertz CT molecular complexity index is 1080. The molecule has 1 amide bonds. The molecule has 35 heavy (non-hydrogen) atoms. The van der Waals surface area contributed by atoms with Crippen LogP contribution in [0.15, 0.2) is 48.0 Å². The number of rotatable bonds is 11. The Morgan fingerprint density at radius 3 is 2.20 bits per heavy atom. The van der Waals surface area contributed by atoms with Gasteiger partial charge in [-0.25, -0.2) is 4.39 Å². The highest BCUT2D eigenvalue weighted by Gasteiger charge is 2.46. The van der Waals surface area contributed by atoms with E-state index in [0.717, 1.165) is 13.1 Å². The highest BCUT2D eigenvalue weighted by atomic mass is 19.1. The molecule has 0 bridgehead atoms. The molecule has 0 radical (unpaired) electrons. The van der Waals surface area contributed by atoms with Crippen molar-refractivity contribution in [3.05, 3.63) is 65.0 Å². The van der Waals surface area contributed by atoms with Crippen molar-refractivity contribution in [2.24, 2.45) is 0 Å². The van der Waals surface area contributed by atoms with Crippen molar-refractivity contribution < 1.29 is 28.6 Å². The molecule has 3 rings (SSSR count). The number of ketones is 1. The van der Waals surface area contributed by atoms with Gasteiger partial charge < -0.3 is 24.4 Å². The first-order valence-electron chi connectivity index (χ1n) is 12.0. The predicted molar refractivity (Wildman–Crippen MR) is 132 cm³/mol. The predicted octanol–water partition coefficient (Wildman–Crippen LogP) is 4.39. The standard InChI is InChI=1S/C27H33FN2O5/c1-5-29(6-2)15-16-30-24(19-11-14-21(34-7-3)22(17-19)35-8-4)23(26(32)27(30)33)25(31)18-9-12-20(28)13-10-18/h9-14,17,24,31H,5-8,15-16H2,1-4H3/b25-23-. The number of nitrogens with zero attached hydrogens (tertiary/aromatic N) is 2. The second-order valence-corrected chi connectivity index (χ2v) is 8.10. The summed E-state index contributed by atoms with van der Waals surface area (Å²) in [5.74, 6) is -1.23. The summed E-state index contributed by atoms with van der Waals surface area (Å²) in [5.41, 5.74) is 0.834. The lowest BCUT2D eigenvalue weighted by atomic mass is 9.95. The number of amides is 1. The number of hydrogen-bond donors (Lipinski definition) is 1. The SMILES string of the molecule is CCOc1ccc(C2/C(=C(/O)c3ccc(F)cc3)C(=O)C(=O)N2CCN(CC)CC)cc1OCC. The Morgan fingerprint density at radius 2 is 1.60 bits per heavy atom. The van der Waals surface area contributed by atoms with Crippen LogP contribution in [0.4, 0.5) is 4.39 Å². The number of halogens is 1. The topological polar surface area (TPSA) is 79.3 Å². The van der Waals surface area contributed by atoms with Crippen molar-refractivity contribution in [2.75, 3.05) is 39.4 Å². The zero-order valence-electron chi connectivity index (χ0n) is 20.7. The van der Waals surface area contributed by atoms with Gasteiger partial charge >= 0.3 is 0 Å². The summed E-state index contributed by atoms with van der Waals surface area (Å²) in [7, 11) is 0. The Labute approximate surface area is 205 Å². The Balaban J connectivity index is 2.14. The van der Waals surface area contributed by atoms with Crippen LogP contribution in [0.25, 0.3) is 5.76 Å². The van der Waals surface area contributed by atoms with Gasteiger partial charge in [-0.3, -0.25) is 9.59 Å². The van der Waals surface area contributed by atoms with Crippen molar-refractivity contribution in [1.29, 1.82) is 0 Å². The number of ether oxygens (including phenoxy) is 2. The van der Waals surface area contributed by atoms with Gasteiger partial charge in [0, 0.05) is 18.7 Å². The fraction of sp³-hybridized carbons (Fsp3) is 0.407. The summed E-state index contributed by atoms with van der Waals surface area (Å²) in [5, 5.41) is 11.1. The van der Waals surface area contributed by atoms with Crippen LogP contribution in [0.3, 0.4) is 0 Å². The van der Waals surface area contributed by atoms with Gasteiger partial charge in [0.2, 0.25) is 0 Å². The molecule has 0 spiro atoms. The molecule has 2 aromatic rings. The summed E-state index contributed by atoms with van der Waals surface area (Å²) < 4.78 is 24.9. The van der Waals surface area contributed by atoms with Crippen LogP contribution in [0.5, 0.6) is 11.5 Å². The van der Waals surface area contributed by atoms with E-state index in [4.69, 9.17) is 9.47 Å². The Morgan fingerprint density at radius 1 is 0.971 bits per heavy atom. The number of likely N-dealkylation sites (tertiary alicyclic amines) is 1. The van der Waals surface area contributed by atoms with Crippen LogP contribution in [0.1, 0.15) is 44.9 Å². The van der Waals surface area contributed by atoms with E-state index < -0.39 is 23.5 Å². The molecule has 8 heteroatoms. The van der Waals surface area contributed by atoms with Crippen LogP contribution in [0, 0.1) is 5.82 Å². The van der Waals surface area contributed by atoms with Crippen molar-refractivity contribution in [3.8, 4) is 11.5 Å². The van der Waals surface area contributed by atoms with E-state index in [9.17, 15) is 19.1 Å². The molecule has 0 saturated carbocycles. The molecule has 1 aliphatic heterocycles. The molecule has 1 fully saturated rings. The van der Waals surface area contributed by atoms with Gasteiger partial charge in [-0.15, -0.1) is 0 Å². The molecule has 7 nitrogen and oxygen atoms in total. The maximum Gasteiger partial charge on any atom is 0.295 e. The van der Waals surface area contributed by atoms with Crippen molar-refractivity contribution in [3.63, 3.8) is 0 Å². The van der Waals surface area contributed by atoms with E-state index in [2.05, 4.69) is 4.90 Å². The van der Waals surface area contributed by atoms with Crippen LogP contribution in [0.2, 0.25) is 0 Å². The molecule has 1 unspecified atom stereocenters. The van der Waals surface area contributed by atoms with E-state index in [1.54, 1.807) is 18.2 Å². The highest BCUT2D eigenvalue weighted by Crippen LogP contribution is 2.42. The largest absolute Gasteiger partial charge is 0.507 e. The first kappa shape index (κ1) is 26.2.